The van der Waals surface area contributed by atoms with Crippen molar-refractivity contribution in [3.63, 3.8) is 0 Å². The Bertz CT molecular complexity index is 239. The quantitative estimate of drug-likeness (QED) is 0.484. The summed E-state index contributed by atoms with van der Waals surface area (Å²) in [7, 11) is 0. The van der Waals surface area contributed by atoms with Crippen molar-refractivity contribution in [2.24, 2.45) is 0 Å². The van der Waals surface area contributed by atoms with E-state index in [4.69, 9.17) is 18.9 Å². The Kier molecular flexibility index (Phi) is 8.32. The summed E-state index contributed by atoms with van der Waals surface area (Å²) in [6, 6.07) is 0. The molecule has 0 amide bonds. The normalized spacial score (nSPS) is 15.6. The van der Waals surface area contributed by atoms with E-state index in [0.29, 0.717) is 13.2 Å². The summed E-state index contributed by atoms with van der Waals surface area (Å²) in [6.45, 7) is 8.74. The predicted octanol–water partition coefficient (Wildman–Crippen LogP) is 1.27. The molecule has 0 bridgehead atoms. The van der Waals surface area contributed by atoms with Crippen molar-refractivity contribution in [3.05, 3.63) is 0 Å². The minimum Gasteiger partial charge on any atom is -0.464 e. The third-order valence-corrected chi connectivity index (χ3v) is 2.03. The standard InChI is InChI=1S/C12H22O6/c1-6-15-11(13)8(3)17-10(5)18-9(4)12(14)16-7-2/h8-10H,6-7H2,1-5H3. The molecule has 0 aliphatic rings. The van der Waals surface area contributed by atoms with Gasteiger partial charge < -0.3 is 18.9 Å². The molecule has 0 radical (unpaired) electrons. The zero-order chi connectivity index (χ0) is 14.1. The highest BCUT2D eigenvalue weighted by Gasteiger charge is 2.22. The highest BCUT2D eigenvalue weighted by molar-refractivity contribution is 5.74. The Hall–Kier alpha value is -1.14. The maximum Gasteiger partial charge on any atom is 0.335 e. The van der Waals surface area contributed by atoms with Crippen LogP contribution < -0.4 is 0 Å². The summed E-state index contributed by atoms with van der Waals surface area (Å²) >= 11 is 0. The molecule has 2 atom stereocenters. The molecule has 0 aliphatic carbocycles. The van der Waals surface area contributed by atoms with Gasteiger partial charge in [-0.2, -0.15) is 0 Å². The first-order valence-corrected chi connectivity index (χ1v) is 6.06. The lowest BCUT2D eigenvalue weighted by atomic mass is 10.4. The summed E-state index contributed by atoms with van der Waals surface area (Å²) in [4.78, 5) is 22.6. The van der Waals surface area contributed by atoms with Gasteiger partial charge in [-0.15, -0.1) is 0 Å². The Morgan fingerprint density at radius 2 is 1.17 bits per heavy atom. The van der Waals surface area contributed by atoms with E-state index in [1.54, 1.807) is 34.6 Å². The van der Waals surface area contributed by atoms with Gasteiger partial charge in [0, 0.05) is 0 Å². The summed E-state index contributed by atoms with van der Waals surface area (Å²) in [5.74, 6) is -0.923. The lowest BCUT2D eigenvalue weighted by molar-refractivity contribution is -0.204. The van der Waals surface area contributed by atoms with Crippen LogP contribution in [0.4, 0.5) is 0 Å². The van der Waals surface area contributed by atoms with Gasteiger partial charge in [0.15, 0.2) is 18.5 Å². The molecule has 6 nitrogen and oxygen atoms in total. The molecule has 18 heavy (non-hydrogen) atoms. The van der Waals surface area contributed by atoms with E-state index in [-0.39, 0.29) is 0 Å². The van der Waals surface area contributed by atoms with Gasteiger partial charge in [0.25, 0.3) is 0 Å². The van der Waals surface area contributed by atoms with Gasteiger partial charge in [0.1, 0.15) is 0 Å². The van der Waals surface area contributed by atoms with Crippen molar-refractivity contribution in [1.82, 2.24) is 0 Å². The van der Waals surface area contributed by atoms with Crippen LogP contribution in [-0.2, 0) is 28.5 Å². The minimum absolute atomic E-state index is 0.293. The van der Waals surface area contributed by atoms with Crippen molar-refractivity contribution < 1.29 is 28.5 Å². The number of esters is 2. The van der Waals surface area contributed by atoms with Gasteiger partial charge >= 0.3 is 11.9 Å². The van der Waals surface area contributed by atoms with Gasteiger partial charge in [-0.3, -0.25) is 0 Å². The van der Waals surface area contributed by atoms with Crippen molar-refractivity contribution >= 4 is 11.9 Å². The van der Waals surface area contributed by atoms with E-state index in [9.17, 15) is 9.59 Å². The molecular formula is C12H22O6. The van der Waals surface area contributed by atoms with Gasteiger partial charge in [-0.05, 0) is 34.6 Å². The lowest BCUT2D eigenvalue weighted by Crippen LogP contribution is -2.33. The molecule has 0 N–H and O–H groups in total. The van der Waals surface area contributed by atoms with Gasteiger partial charge in [-0.25, -0.2) is 9.59 Å². The van der Waals surface area contributed by atoms with Crippen LogP contribution in [0.15, 0.2) is 0 Å². The molecule has 0 aliphatic heterocycles. The number of carbonyl (C=O) groups excluding carboxylic acids is 2. The molecule has 2 unspecified atom stereocenters. The topological polar surface area (TPSA) is 71.1 Å². The Morgan fingerprint density at radius 1 is 0.833 bits per heavy atom. The van der Waals surface area contributed by atoms with E-state index < -0.39 is 30.4 Å². The lowest BCUT2D eigenvalue weighted by Gasteiger charge is -2.21. The summed E-state index contributed by atoms with van der Waals surface area (Å²) < 4.78 is 20.1. The number of hydrogen-bond acceptors (Lipinski definition) is 6. The van der Waals surface area contributed by atoms with Gasteiger partial charge in [-0.1, -0.05) is 0 Å². The first kappa shape index (κ1) is 16.9. The molecule has 0 fully saturated rings. The van der Waals surface area contributed by atoms with Crippen LogP contribution in [0.2, 0.25) is 0 Å². The van der Waals surface area contributed by atoms with Crippen LogP contribution in [0.3, 0.4) is 0 Å². The Morgan fingerprint density at radius 3 is 1.44 bits per heavy atom. The van der Waals surface area contributed by atoms with Crippen LogP contribution >= 0.6 is 0 Å². The molecule has 0 saturated carbocycles. The van der Waals surface area contributed by atoms with E-state index in [1.807, 2.05) is 0 Å². The largest absolute Gasteiger partial charge is 0.464 e. The van der Waals surface area contributed by atoms with Crippen molar-refractivity contribution in [1.29, 1.82) is 0 Å². The number of ether oxygens (including phenoxy) is 4. The fourth-order valence-corrected chi connectivity index (χ4v) is 1.24. The molecule has 106 valence electrons. The van der Waals surface area contributed by atoms with E-state index in [0.717, 1.165) is 0 Å². The second-order valence-electron chi connectivity index (χ2n) is 3.63. The van der Waals surface area contributed by atoms with Crippen LogP contribution in [0.5, 0.6) is 0 Å². The van der Waals surface area contributed by atoms with Crippen molar-refractivity contribution in [3.8, 4) is 0 Å². The van der Waals surface area contributed by atoms with Crippen LogP contribution in [-0.4, -0.2) is 43.7 Å². The highest BCUT2D eigenvalue weighted by atomic mass is 16.7. The molecule has 0 aromatic rings. The summed E-state index contributed by atoms with van der Waals surface area (Å²) in [5, 5.41) is 0. The van der Waals surface area contributed by atoms with Crippen LogP contribution in [0.1, 0.15) is 34.6 Å². The van der Waals surface area contributed by atoms with Crippen molar-refractivity contribution in [2.75, 3.05) is 13.2 Å². The number of hydrogen-bond donors (Lipinski definition) is 0. The van der Waals surface area contributed by atoms with E-state index >= 15 is 0 Å². The maximum atomic E-state index is 11.3. The second-order valence-corrected chi connectivity index (χ2v) is 3.63. The van der Waals surface area contributed by atoms with E-state index in [1.165, 1.54) is 0 Å². The Balaban J connectivity index is 4.06. The van der Waals surface area contributed by atoms with Crippen molar-refractivity contribution in [2.45, 2.75) is 53.1 Å². The van der Waals surface area contributed by atoms with E-state index in [2.05, 4.69) is 0 Å². The zero-order valence-electron chi connectivity index (χ0n) is 11.6. The monoisotopic (exact) mass is 262 g/mol. The van der Waals surface area contributed by atoms with Gasteiger partial charge in [0.05, 0.1) is 13.2 Å². The maximum absolute atomic E-state index is 11.3. The second kappa shape index (κ2) is 8.88. The van der Waals surface area contributed by atoms with Crippen LogP contribution in [0.25, 0.3) is 0 Å². The third kappa shape index (κ3) is 6.56. The first-order chi connectivity index (χ1) is 8.42. The Labute approximate surface area is 108 Å². The fraction of sp³-hybridized carbons (Fsp3) is 0.833. The molecule has 0 heterocycles. The predicted molar refractivity (Wildman–Crippen MR) is 63.8 cm³/mol. The summed E-state index contributed by atoms with van der Waals surface area (Å²) in [6.07, 6.45) is -2.19. The fourth-order valence-electron chi connectivity index (χ4n) is 1.24. The zero-order valence-corrected chi connectivity index (χ0v) is 11.6. The molecule has 0 aromatic heterocycles. The average Bonchev–Trinajstić information content (AvgIpc) is 2.29. The number of rotatable bonds is 8. The molecule has 0 aromatic carbocycles. The molecule has 6 heteroatoms. The number of carbonyl (C=O) groups is 2. The molecule has 0 rings (SSSR count). The molecular weight excluding hydrogens is 240 g/mol. The molecule has 0 saturated heterocycles. The summed E-state index contributed by atoms with van der Waals surface area (Å²) in [5.41, 5.74) is 0. The van der Waals surface area contributed by atoms with Gasteiger partial charge in [0.2, 0.25) is 0 Å². The molecule has 0 spiro atoms. The van der Waals surface area contributed by atoms with Crippen LogP contribution in [0, 0.1) is 0 Å². The minimum atomic E-state index is -0.741. The highest BCUT2D eigenvalue weighted by Crippen LogP contribution is 2.06. The SMILES string of the molecule is CCOC(=O)C(C)OC(C)OC(C)C(=O)OCC. The average molecular weight is 262 g/mol. The first-order valence-electron chi connectivity index (χ1n) is 6.06. The third-order valence-electron chi connectivity index (χ3n) is 2.03. The smallest absolute Gasteiger partial charge is 0.335 e.